The molecule has 1 aliphatic carbocycles. The van der Waals surface area contributed by atoms with Crippen LogP contribution in [-0.4, -0.2) is 28.4 Å². The number of rotatable bonds is 5. The fourth-order valence-corrected chi connectivity index (χ4v) is 4.12. The summed E-state index contributed by atoms with van der Waals surface area (Å²) >= 11 is 0. The maximum Gasteiger partial charge on any atom is 0.341 e. The molecule has 0 spiro atoms. The second-order valence-electron chi connectivity index (χ2n) is 7.62. The number of carbonyl (C=O) groups is 1. The van der Waals surface area contributed by atoms with Crippen molar-refractivity contribution in [3.05, 3.63) is 59.4 Å². The highest BCUT2D eigenvalue weighted by Gasteiger charge is 2.28. The predicted octanol–water partition coefficient (Wildman–Crippen LogP) is 4.34. The van der Waals surface area contributed by atoms with Gasteiger partial charge in [0.05, 0.1) is 5.69 Å². The number of carboxylic acid groups (broad SMARTS) is 1. The number of hydrogen-bond acceptors (Lipinski definition) is 4. The van der Waals surface area contributed by atoms with Gasteiger partial charge in [0.15, 0.2) is 6.61 Å². The van der Waals surface area contributed by atoms with Crippen LogP contribution in [0.3, 0.4) is 0 Å². The fourth-order valence-electron chi connectivity index (χ4n) is 4.12. The van der Waals surface area contributed by atoms with Crippen LogP contribution < -0.4 is 4.74 Å². The molecule has 1 unspecified atom stereocenters. The summed E-state index contributed by atoms with van der Waals surface area (Å²) in [6.07, 6.45) is 10.1. The lowest BCUT2D eigenvalue weighted by Crippen LogP contribution is -2.16. The minimum atomic E-state index is -0.957. The van der Waals surface area contributed by atoms with Crippen LogP contribution >= 0.6 is 0 Å². The third-order valence-electron chi connectivity index (χ3n) is 5.49. The molecular formula is C23H24N2O3. The Bertz CT molecular complexity index is 993. The van der Waals surface area contributed by atoms with Crippen molar-refractivity contribution >= 4 is 11.7 Å². The number of benzene rings is 1. The molecule has 0 radical (unpaired) electrons. The van der Waals surface area contributed by atoms with E-state index in [0.29, 0.717) is 5.75 Å². The van der Waals surface area contributed by atoms with Crippen LogP contribution in [0.4, 0.5) is 0 Å². The van der Waals surface area contributed by atoms with Gasteiger partial charge in [0.25, 0.3) is 0 Å². The molecule has 1 atom stereocenters. The Balaban J connectivity index is 1.75. The van der Waals surface area contributed by atoms with E-state index >= 15 is 0 Å². The van der Waals surface area contributed by atoms with Crippen molar-refractivity contribution in [2.45, 2.75) is 45.1 Å². The van der Waals surface area contributed by atoms with E-state index in [9.17, 15) is 4.79 Å². The maximum absolute atomic E-state index is 10.9. The number of pyridine rings is 1. The highest BCUT2D eigenvalue weighted by molar-refractivity contribution is 5.95. The van der Waals surface area contributed by atoms with Gasteiger partial charge in [-0.15, -0.1) is 0 Å². The Morgan fingerprint density at radius 3 is 2.71 bits per heavy atom. The average Bonchev–Trinajstić information content (AvgIpc) is 3.06. The molecule has 5 nitrogen and oxygen atoms in total. The first-order valence-electron chi connectivity index (χ1n) is 9.68. The van der Waals surface area contributed by atoms with Crippen molar-refractivity contribution in [1.29, 1.82) is 0 Å². The summed E-state index contributed by atoms with van der Waals surface area (Å²) in [6, 6.07) is 8.10. The molecule has 0 saturated heterocycles. The molecule has 5 heteroatoms. The van der Waals surface area contributed by atoms with Crippen molar-refractivity contribution in [2.24, 2.45) is 4.99 Å². The lowest BCUT2D eigenvalue weighted by molar-refractivity contribution is -0.139. The van der Waals surface area contributed by atoms with E-state index < -0.39 is 11.5 Å². The number of aliphatic carboxylic acids is 1. The van der Waals surface area contributed by atoms with E-state index in [0.717, 1.165) is 48.2 Å². The Morgan fingerprint density at radius 1 is 1.21 bits per heavy atom. The molecule has 4 rings (SSSR count). The van der Waals surface area contributed by atoms with Crippen LogP contribution in [0.15, 0.2) is 47.6 Å². The van der Waals surface area contributed by atoms with Crippen LogP contribution in [0.2, 0.25) is 0 Å². The number of allylic oxidation sites excluding steroid dienone is 1. The molecule has 0 bridgehead atoms. The summed E-state index contributed by atoms with van der Waals surface area (Å²) < 4.78 is 5.55. The molecule has 2 heterocycles. The zero-order chi connectivity index (χ0) is 19.7. The van der Waals surface area contributed by atoms with Crippen molar-refractivity contribution in [3.63, 3.8) is 0 Å². The van der Waals surface area contributed by atoms with Crippen molar-refractivity contribution in [3.8, 4) is 16.9 Å². The molecule has 1 aromatic carbocycles. The summed E-state index contributed by atoms with van der Waals surface area (Å²) in [5, 5.41) is 8.94. The molecular weight excluding hydrogens is 352 g/mol. The van der Waals surface area contributed by atoms with Gasteiger partial charge in [-0.1, -0.05) is 6.07 Å². The van der Waals surface area contributed by atoms with Gasteiger partial charge >= 0.3 is 5.97 Å². The van der Waals surface area contributed by atoms with Crippen LogP contribution in [0.1, 0.15) is 43.5 Å². The number of ether oxygens (including phenoxy) is 1. The monoisotopic (exact) mass is 376 g/mol. The van der Waals surface area contributed by atoms with Crippen LogP contribution in [-0.2, 0) is 23.2 Å². The number of fused-ring (bicyclic) bond motifs is 1. The highest BCUT2D eigenvalue weighted by Crippen LogP contribution is 2.38. The summed E-state index contributed by atoms with van der Waals surface area (Å²) in [7, 11) is 0. The molecule has 2 aliphatic rings. The molecule has 1 aliphatic heterocycles. The first-order chi connectivity index (χ1) is 13.5. The molecule has 0 saturated carbocycles. The molecule has 2 aromatic rings. The summed E-state index contributed by atoms with van der Waals surface area (Å²) in [4.78, 5) is 20.2. The molecule has 0 amide bonds. The van der Waals surface area contributed by atoms with Gasteiger partial charge in [0.1, 0.15) is 11.3 Å². The van der Waals surface area contributed by atoms with Crippen LogP contribution in [0.5, 0.6) is 5.75 Å². The van der Waals surface area contributed by atoms with Crippen LogP contribution in [0, 0.1) is 0 Å². The molecule has 1 aromatic heterocycles. The van der Waals surface area contributed by atoms with Gasteiger partial charge in [0.2, 0.25) is 0 Å². The minimum Gasteiger partial charge on any atom is -0.482 e. The predicted molar refractivity (Wildman–Crippen MR) is 109 cm³/mol. The Labute approximate surface area is 164 Å². The number of carboxylic acids is 1. The van der Waals surface area contributed by atoms with Gasteiger partial charge < -0.3 is 9.84 Å². The lowest BCUT2D eigenvalue weighted by Gasteiger charge is -2.24. The largest absolute Gasteiger partial charge is 0.482 e. The maximum atomic E-state index is 10.9. The van der Waals surface area contributed by atoms with Gasteiger partial charge in [0, 0.05) is 11.9 Å². The van der Waals surface area contributed by atoms with Crippen molar-refractivity contribution < 1.29 is 14.6 Å². The van der Waals surface area contributed by atoms with Gasteiger partial charge in [-0.25, -0.2) is 4.79 Å². The van der Waals surface area contributed by atoms with Gasteiger partial charge in [-0.05, 0) is 92.1 Å². The third kappa shape index (κ3) is 3.44. The van der Waals surface area contributed by atoms with Crippen molar-refractivity contribution in [1.82, 2.24) is 4.98 Å². The fraction of sp³-hybridized carbons (Fsp3) is 0.348. The average molecular weight is 376 g/mol. The minimum absolute atomic E-state index is 0.312. The second-order valence-corrected chi connectivity index (χ2v) is 7.62. The van der Waals surface area contributed by atoms with E-state index in [1.807, 2.05) is 37.4 Å². The number of aliphatic imine (C=N–C) groups is 1. The third-order valence-corrected chi connectivity index (χ3v) is 5.49. The van der Waals surface area contributed by atoms with Gasteiger partial charge in [-0.2, -0.15) is 0 Å². The van der Waals surface area contributed by atoms with Crippen LogP contribution in [0.25, 0.3) is 11.1 Å². The normalized spacial score (nSPS) is 20.6. The second kappa shape index (κ2) is 7.23. The molecule has 28 heavy (non-hydrogen) atoms. The summed E-state index contributed by atoms with van der Waals surface area (Å²) in [5.41, 5.74) is 6.20. The smallest absolute Gasteiger partial charge is 0.341 e. The van der Waals surface area contributed by atoms with Gasteiger partial charge in [-0.3, -0.25) is 9.98 Å². The number of hydrogen-bond donors (Lipinski definition) is 1. The van der Waals surface area contributed by atoms with E-state index in [1.165, 1.54) is 11.1 Å². The van der Waals surface area contributed by atoms with Crippen molar-refractivity contribution in [2.75, 3.05) is 6.61 Å². The quantitative estimate of drug-likeness (QED) is 0.843. The zero-order valence-corrected chi connectivity index (χ0v) is 16.2. The van der Waals surface area contributed by atoms with E-state index in [2.05, 4.69) is 24.1 Å². The number of nitrogens with zero attached hydrogens (tertiary/aromatic N) is 2. The standard InChI is InChI=1S/C23H24N2O3/c1-15-9-11-23(2,25-15)21-13-16(10-12-24-21)17-7-8-20(28-14-22(26)27)19-6-4-3-5-18(17)19/h7-13H,3-6,14H2,1-2H3,(H,26,27). The highest BCUT2D eigenvalue weighted by atomic mass is 16.5. The summed E-state index contributed by atoms with van der Waals surface area (Å²) in [5.74, 6) is -0.262. The lowest BCUT2D eigenvalue weighted by atomic mass is 9.85. The van der Waals surface area contributed by atoms with E-state index in [-0.39, 0.29) is 6.61 Å². The van der Waals surface area contributed by atoms with E-state index in [1.54, 1.807) is 0 Å². The Morgan fingerprint density at radius 2 is 2.00 bits per heavy atom. The zero-order valence-electron chi connectivity index (χ0n) is 16.2. The topological polar surface area (TPSA) is 71.8 Å². The Kier molecular flexibility index (Phi) is 4.75. The Hall–Kier alpha value is -2.95. The SMILES string of the molecule is CC1=NC(C)(c2cc(-c3ccc(OCC(=O)O)c4c3CCCC4)ccn2)C=C1. The molecule has 144 valence electrons. The molecule has 0 fully saturated rings. The first-order valence-corrected chi connectivity index (χ1v) is 9.68. The molecule has 1 N–H and O–H groups in total. The van der Waals surface area contributed by atoms with E-state index in [4.69, 9.17) is 14.8 Å². The summed E-state index contributed by atoms with van der Waals surface area (Å²) in [6.45, 7) is 3.76. The number of aromatic nitrogens is 1. The first kappa shape index (κ1) is 18.4.